The SMILES string of the molecule is O=S(=O)(O)c1cccnc1-c1ccc[nH]1. The average Bonchev–Trinajstić information content (AvgIpc) is 2.69. The summed E-state index contributed by atoms with van der Waals surface area (Å²) in [7, 11) is -4.24. The van der Waals surface area contributed by atoms with Crippen LogP contribution in [0.4, 0.5) is 0 Å². The Labute approximate surface area is 86.5 Å². The van der Waals surface area contributed by atoms with E-state index in [1.807, 2.05) is 0 Å². The largest absolute Gasteiger partial charge is 0.360 e. The molecule has 0 bridgehead atoms. The van der Waals surface area contributed by atoms with Gasteiger partial charge in [-0.1, -0.05) is 0 Å². The Hall–Kier alpha value is -1.66. The van der Waals surface area contributed by atoms with E-state index in [2.05, 4.69) is 9.97 Å². The third-order valence-electron chi connectivity index (χ3n) is 1.90. The molecule has 5 nitrogen and oxygen atoms in total. The fourth-order valence-corrected chi connectivity index (χ4v) is 1.94. The molecule has 6 heteroatoms. The fourth-order valence-electron chi connectivity index (χ4n) is 1.28. The zero-order chi connectivity index (χ0) is 10.9. The van der Waals surface area contributed by atoms with Gasteiger partial charge in [-0.05, 0) is 24.3 Å². The summed E-state index contributed by atoms with van der Waals surface area (Å²) in [4.78, 5) is 6.54. The number of hydrogen-bond donors (Lipinski definition) is 2. The molecule has 0 radical (unpaired) electrons. The second-order valence-corrected chi connectivity index (χ2v) is 4.30. The topological polar surface area (TPSA) is 83.1 Å². The Morgan fingerprint density at radius 1 is 1.27 bits per heavy atom. The number of H-pyrrole nitrogens is 1. The van der Waals surface area contributed by atoms with Gasteiger partial charge in [0.2, 0.25) is 0 Å². The Morgan fingerprint density at radius 3 is 2.67 bits per heavy atom. The molecule has 0 unspecified atom stereocenters. The molecular formula is C9H8N2O3S. The third kappa shape index (κ3) is 1.90. The van der Waals surface area contributed by atoms with Gasteiger partial charge < -0.3 is 4.98 Å². The highest BCUT2D eigenvalue weighted by atomic mass is 32.2. The van der Waals surface area contributed by atoms with Crippen molar-refractivity contribution < 1.29 is 13.0 Å². The van der Waals surface area contributed by atoms with Gasteiger partial charge in [-0.2, -0.15) is 8.42 Å². The van der Waals surface area contributed by atoms with Crippen molar-refractivity contribution in [3.05, 3.63) is 36.7 Å². The summed E-state index contributed by atoms with van der Waals surface area (Å²) in [5.41, 5.74) is 0.758. The van der Waals surface area contributed by atoms with Gasteiger partial charge in [0.25, 0.3) is 10.1 Å². The first-order chi connectivity index (χ1) is 7.09. The number of hydrogen-bond acceptors (Lipinski definition) is 3. The van der Waals surface area contributed by atoms with Gasteiger partial charge in [0.15, 0.2) is 0 Å². The number of aromatic amines is 1. The molecule has 0 aliphatic carbocycles. The number of nitrogens with zero attached hydrogens (tertiary/aromatic N) is 1. The minimum absolute atomic E-state index is 0.201. The molecule has 0 fully saturated rings. The van der Waals surface area contributed by atoms with Crippen molar-refractivity contribution in [1.29, 1.82) is 0 Å². The number of pyridine rings is 1. The van der Waals surface area contributed by atoms with Crippen LogP contribution >= 0.6 is 0 Å². The molecule has 0 aliphatic heterocycles. The lowest BCUT2D eigenvalue weighted by Gasteiger charge is -2.02. The highest BCUT2D eigenvalue weighted by Crippen LogP contribution is 2.22. The monoisotopic (exact) mass is 224 g/mol. The maximum Gasteiger partial charge on any atom is 0.296 e. The van der Waals surface area contributed by atoms with Crippen molar-refractivity contribution in [1.82, 2.24) is 9.97 Å². The maximum absolute atomic E-state index is 11.1. The van der Waals surface area contributed by atoms with Crippen molar-refractivity contribution in [2.75, 3.05) is 0 Å². The predicted octanol–water partition coefficient (Wildman–Crippen LogP) is 1.32. The first kappa shape index (κ1) is 9.88. The first-order valence-electron chi connectivity index (χ1n) is 4.15. The zero-order valence-electron chi connectivity index (χ0n) is 7.58. The smallest absolute Gasteiger partial charge is 0.296 e. The summed E-state index contributed by atoms with van der Waals surface area (Å²) >= 11 is 0. The van der Waals surface area contributed by atoms with Crippen LogP contribution in [0.15, 0.2) is 41.6 Å². The maximum atomic E-state index is 11.1. The van der Waals surface area contributed by atoms with Crippen molar-refractivity contribution in [2.24, 2.45) is 0 Å². The van der Waals surface area contributed by atoms with Gasteiger partial charge in [-0.15, -0.1) is 0 Å². The van der Waals surface area contributed by atoms with Crippen LogP contribution in [0.5, 0.6) is 0 Å². The van der Waals surface area contributed by atoms with Crippen LogP contribution in [-0.4, -0.2) is 22.9 Å². The number of rotatable bonds is 2. The summed E-state index contributed by atoms with van der Waals surface area (Å²) < 4.78 is 31.1. The molecule has 2 aromatic rings. The van der Waals surface area contributed by atoms with Crippen molar-refractivity contribution in [3.63, 3.8) is 0 Å². The molecule has 15 heavy (non-hydrogen) atoms. The van der Waals surface area contributed by atoms with Crippen LogP contribution in [0.25, 0.3) is 11.4 Å². The Kier molecular flexibility index (Phi) is 2.29. The summed E-state index contributed by atoms with van der Waals surface area (Å²) in [6.45, 7) is 0. The minimum Gasteiger partial charge on any atom is -0.360 e. The summed E-state index contributed by atoms with van der Waals surface area (Å²) in [5, 5.41) is 0. The lowest BCUT2D eigenvalue weighted by molar-refractivity contribution is 0.483. The van der Waals surface area contributed by atoms with E-state index >= 15 is 0 Å². The molecular weight excluding hydrogens is 216 g/mol. The van der Waals surface area contributed by atoms with Crippen molar-refractivity contribution in [3.8, 4) is 11.4 Å². The highest BCUT2D eigenvalue weighted by Gasteiger charge is 2.17. The third-order valence-corrected chi connectivity index (χ3v) is 2.79. The molecule has 0 saturated heterocycles. The lowest BCUT2D eigenvalue weighted by atomic mass is 10.3. The zero-order valence-corrected chi connectivity index (χ0v) is 8.40. The Balaban J connectivity index is 2.68. The minimum atomic E-state index is -4.24. The number of nitrogens with one attached hydrogen (secondary N) is 1. The molecule has 0 amide bonds. The van der Waals surface area contributed by atoms with E-state index in [0.29, 0.717) is 5.69 Å². The molecule has 0 spiro atoms. The van der Waals surface area contributed by atoms with Crippen LogP contribution < -0.4 is 0 Å². The van der Waals surface area contributed by atoms with E-state index in [4.69, 9.17) is 4.55 Å². The molecule has 2 heterocycles. The molecule has 2 rings (SSSR count). The Bertz CT molecular complexity index is 561. The summed E-state index contributed by atoms with van der Waals surface area (Å²) in [5.74, 6) is 0. The summed E-state index contributed by atoms with van der Waals surface area (Å²) in [6, 6.07) is 6.16. The van der Waals surface area contributed by atoms with Crippen LogP contribution in [0.1, 0.15) is 0 Å². The molecule has 0 atom stereocenters. The highest BCUT2D eigenvalue weighted by molar-refractivity contribution is 7.86. The Morgan fingerprint density at radius 2 is 2.07 bits per heavy atom. The van der Waals surface area contributed by atoms with E-state index in [1.165, 1.54) is 18.3 Å². The van der Waals surface area contributed by atoms with Crippen molar-refractivity contribution >= 4 is 10.1 Å². The van der Waals surface area contributed by atoms with Gasteiger partial charge >= 0.3 is 0 Å². The van der Waals surface area contributed by atoms with Gasteiger partial charge in [0.1, 0.15) is 10.6 Å². The molecule has 2 aromatic heterocycles. The van der Waals surface area contributed by atoms with E-state index in [-0.39, 0.29) is 10.6 Å². The van der Waals surface area contributed by atoms with Crippen LogP contribution in [0, 0.1) is 0 Å². The first-order valence-corrected chi connectivity index (χ1v) is 5.59. The van der Waals surface area contributed by atoms with Crippen LogP contribution in [-0.2, 0) is 10.1 Å². The standard InChI is InChI=1S/C9H8N2O3S/c12-15(13,14)8-4-2-6-11-9(8)7-3-1-5-10-7/h1-6,10H,(H,12,13,14). The van der Waals surface area contributed by atoms with E-state index < -0.39 is 10.1 Å². The van der Waals surface area contributed by atoms with Gasteiger partial charge in [-0.3, -0.25) is 9.54 Å². The molecule has 78 valence electrons. The van der Waals surface area contributed by atoms with Gasteiger partial charge in [0, 0.05) is 12.4 Å². The molecule has 0 saturated carbocycles. The van der Waals surface area contributed by atoms with E-state index in [9.17, 15) is 8.42 Å². The fraction of sp³-hybridized carbons (Fsp3) is 0. The van der Waals surface area contributed by atoms with E-state index in [1.54, 1.807) is 18.3 Å². The summed E-state index contributed by atoms with van der Waals surface area (Å²) in [6.07, 6.45) is 3.11. The van der Waals surface area contributed by atoms with Crippen LogP contribution in [0.3, 0.4) is 0 Å². The van der Waals surface area contributed by atoms with Gasteiger partial charge in [0.05, 0.1) is 5.69 Å². The quantitative estimate of drug-likeness (QED) is 0.754. The van der Waals surface area contributed by atoms with E-state index in [0.717, 1.165) is 0 Å². The number of aromatic nitrogens is 2. The van der Waals surface area contributed by atoms with Crippen LogP contribution in [0.2, 0.25) is 0 Å². The second-order valence-electron chi connectivity index (χ2n) is 2.91. The van der Waals surface area contributed by atoms with Gasteiger partial charge in [-0.25, -0.2) is 0 Å². The van der Waals surface area contributed by atoms with Crippen molar-refractivity contribution in [2.45, 2.75) is 4.90 Å². The molecule has 0 aromatic carbocycles. The second kappa shape index (κ2) is 3.48. The predicted molar refractivity (Wildman–Crippen MR) is 53.8 cm³/mol. The lowest BCUT2D eigenvalue weighted by Crippen LogP contribution is -2.02. The normalized spacial score (nSPS) is 11.5. The molecule has 0 aliphatic rings. The molecule has 2 N–H and O–H groups in total. The average molecular weight is 224 g/mol.